The van der Waals surface area contributed by atoms with E-state index in [1.54, 1.807) is 18.3 Å². The van der Waals surface area contributed by atoms with Crippen molar-refractivity contribution in [1.29, 1.82) is 0 Å². The van der Waals surface area contributed by atoms with Crippen molar-refractivity contribution in [3.63, 3.8) is 0 Å². The van der Waals surface area contributed by atoms with Gasteiger partial charge in [0, 0.05) is 35.4 Å². The van der Waals surface area contributed by atoms with Gasteiger partial charge >= 0.3 is 0 Å². The van der Waals surface area contributed by atoms with Crippen LogP contribution in [0.15, 0.2) is 36.5 Å². The Morgan fingerprint density at radius 1 is 1.43 bits per heavy atom. The summed E-state index contributed by atoms with van der Waals surface area (Å²) in [5, 5.41) is 7.72. The lowest BCUT2D eigenvalue weighted by Gasteiger charge is -2.03. The average Bonchev–Trinajstić information content (AvgIpc) is 2.84. The highest BCUT2D eigenvalue weighted by atomic mass is 35.5. The maximum absolute atomic E-state index is 11.8. The Balaban J connectivity index is 1.93. The van der Waals surface area contributed by atoms with E-state index in [-0.39, 0.29) is 5.91 Å². The molecule has 1 aromatic carbocycles. The molecule has 0 fully saturated rings. The van der Waals surface area contributed by atoms with Crippen LogP contribution in [0.4, 0.5) is 0 Å². The number of carbonyl (C=O) groups is 1. The molecule has 4 nitrogen and oxygen atoms in total. The van der Waals surface area contributed by atoms with Gasteiger partial charge in [-0.05, 0) is 31.6 Å². The minimum Gasteiger partial charge on any atom is -0.348 e. The van der Waals surface area contributed by atoms with Crippen LogP contribution in [-0.2, 0) is 17.9 Å². The van der Waals surface area contributed by atoms with Gasteiger partial charge in [-0.15, -0.1) is 0 Å². The number of halogens is 1. The number of aromatic nitrogens is 2. The molecule has 1 aromatic heterocycles. The van der Waals surface area contributed by atoms with Gasteiger partial charge in [0.15, 0.2) is 0 Å². The normalized spacial score (nSPS) is 11.0. The Morgan fingerprint density at radius 3 is 2.86 bits per heavy atom. The van der Waals surface area contributed by atoms with E-state index in [1.807, 2.05) is 36.7 Å². The standard InChI is InChI=1S/C16H18ClN3O/c1-3-20-12(2)14(11-19-20)10-18-16(21)9-8-13-6-4-5-7-15(13)17/h4-9,11H,3,10H2,1-2H3,(H,18,21)/b9-8+. The van der Waals surface area contributed by atoms with Crippen LogP contribution in [0.3, 0.4) is 0 Å². The Bertz CT molecular complexity index is 661. The molecule has 0 unspecified atom stereocenters. The van der Waals surface area contributed by atoms with Gasteiger partial charge < -0.3 is 5.32 Å². The van der Waals surface area contributed by atoms with Crippen molar-refractivity contribution in [3.8, 4) is 0 Å². The lowest BCUT2D eigenvalue weighted by atomic mass is 10.2. The second-order valence-corrected chi connectivity index (χ2v) is 5.05. The summed E-state index contributed by atoms with van der Waals surface area (Å²) in [6.07, 6.45) is 4.98. The van der Waals surface area contributed by atoms with Crippen LogP contribution in [0.1, 0.15) is 23.7 Å². The van der Waals surface area contributed by atoms with Gasteiger partial charge in [0.05, 0.1) is 6.20 Å². The highest BCUT2D eigenvalue weighted by Gasteiger charge is 2.05. The van der Waals surface area contributed by atoms with Crippen molar-refractivity contribution in [1.82, 2.24) is 15.1 Å². The molecule has 0 aliphatic rings. The minimum absolute atomic E-state index is 0.154. The van der Waals surface area contributed by atoms with Crippen molar-refractivity contribution in [2.45, 2.75) is 26.9 Å². The second kappa shape index (κ2) is 7.09. The predicted molar refractivity (Wildman–Crippen MR) is 85.0 cm³/mol. The van der Waals surface area contributed by atoms with Crippen LogP contribution in [0.5, 0.6) is 0 Å². The van der Waals surface area contributed by atoms with E-state index in [0.717, 1.165) is 23.4 Å². The number of rotatable bonds is 5. The molecule has 0 bridgehead atoms. The van der Waals surface area contributed by atoms with Crippen LogP contribution in [0.25, 0.3) is 6.08 Å². The molecular weight excluding hydrogens is 286 g/mol. The Labute approximate surface area is 129 Å². The maximum Gasteiger partial charge on any atom is 0.244 e. The molecule has 0 spiro atoms. The molecule has 110 valence electrons. The lowest BCUT2D eigenvalue weighted by Crippen LogP contribution is -2.20. The molecule has 0 aliphatic heterocycles. The van der Waals surface area contributed by atoms with E-state index < -0.39 is 0 Å². The van der Waals surface area contributed by atoms with E-state index in [4.69, 9.17) is 11.6 Å². The third kappa shape index (κ3) is 3.95. The van der Waals surface area contributed by atoms with Crippen LogP contribution in [0, 0.1) is 6.92 Å². The number of benzene rings is 1. The van der Waals surface area contributed by atoms with Crippen molar-refractivity contribution in [2.24, 2.45) is 0 Å². The fourth-order valence-corrected chi connectivity index (χ4v) is 2.19. The summed E-state index contributed by atoms with van der Waals surface area (Å²) in [5.41, 5.74) is 2.92. The zero-order chi connectivity index (χ0) is 15.2. The highest BCUT2D eigenvalue weighted by molar-refractivity contribution is 6.32. The molecule has 2 aromatic rings. The van der Waals surface area contributed by atoms with Crippen molar-refractivity contribution in [2.75, 3.05) is 0 Å². The average molecular weight is 304 g/mol. The molecule has 1 heterocycles. The van der Waals surface area contributed by atoms with Crippen LogP contribution in [0.2, 0.25) is 5.02 Å². The Morgan fingerprint density at radius 2 is 2.19 bits per heavy atom. The predicted octanol–water partition coefficient (Wildman–Crippen LogP) is 3.19. The topological polar surface area (TPSA) is 46.9 Å². The SMILES string of the molecule is CCn1ncc(CNC(=O)/C=C/c2ccccc2Cl)c1C. The zero-order valence-electron chi connectivity index (χ0n) is 12.1. The lowest BCUT2D eigenvalue weighted by molar-refractivity contribution is -0.116. The van der Waals surface area contributed by atoms with E-state index in [1.165, 1.54) is 6.08 Å². The monoisotopic (exact) mass is 303 g/mol. The summed E-state index contributed by atoms with van der Waals surface area (Å²) in [6.45, 7) is 5.33. The molecule has 0 saturated carbocycles. The summed E-state index contributed by atoms with van der Waals surface area (Å²) in [7, 11) is 0. The van der Waals surface area contributed by atoms with Crippen LogP contribution < -0.4 is 5.32 Å². The largest absolute Gasteiger partial charge is 0.348 e. The zero-order valence-corrected chi connectivity index (χ0v) is 12.9. The third-order valence-electron chi connectivity index (χ3n) is 3.28. The van der Waals surface area contributed by atoms with Gasteiger partial charge in [-0.25, -0.2) is 0 Å². The van der Waals surface area contributed by atoms with Crippen LogP contribution >= 0.6 is 11.6 Å². The number of hydrogen-bond donors (Lipinski definition) is 1. The molecule has 0 atom stereocenters. The molecule has 0 aliphatic carbocycles. The molecule has 21 heavy (non-hydrogen) atoms. The van der Waals surface area contributed by atoms with Gasteiger partial charge in [0.1, 0.15) is 0 Å². The second-order valence-electron chi connectivity index (χ2n) is 4.64. The van der Waals surface area contributed by atoms with Crippen molar-refractivity contribution < 1.29 is 4.79 Å². The number of aryl methyl sites for hydroxylation is 1. The van der Waals surface area contributed by atoms with Crippen LogP contribution in [-0.4, -0.2) is 15.7 Å². The Hall–Kier alpha value is -2.07. The summed E-state index contributed by atoms with van der Waals surface area (Å²) in [6, 6.07) is 7.39. The van der Waals surface area contributed by atoms with Crippen molar-refractivity contribution in [3.05, 3.63) is 58.4 Å². The number of nitrogens with zero attached hydrogens (tertiary/aromatic N) is 2. The summed E-state index contributed by atoms with van der Waals surface area (Å²) >= 11 is 6.03. The molecule has 0 radical (unpaired) electrons. The third-order valence-corrected chi connectivity index (χ3v) is 3.62. The van der Waals surface area contributed by atoms with Gasteiger partial charge in [0.25, 0.3) is 0 Å². The van der Waals surface area contributed by atoms with E-state index in [0.29, 0.717) is 11.6 Å². The molecular formula is C16H18ClN3O. The fourth-order valence-electron chi connectivity index (χ4n) is 1.99. The molecule has 0 saturated heterocycles. The summed E-state index contributed by atoms with van der Waals surface area (Å²) in [4.78, 5) is 11.8. The van der Waals surface area contributed by atoms with Gasteiger partial charge in [-0.1, -0.05) is 29.8 Å². The van der Waals surface area contributed by atoms with Gasteiger partial charge in [-0.3, -0.25) is 9.48 Å². The first-order chi connectivity index (χ1) is 10.1. The minimum atomic E-state index is -0.154. The first-order valence-electron chi connectivity index (χ1n) is 6.83. The summed E-state index contributed by atoms with van der Waals surface area (Å²) < 4.78 is 1.90. The Kier molecular flexibility index (Phi) is 5.17. The van der Waals surface area contributed by atoms with E-state index >= 15 is 0 Å². The first-order valence-corrected chi connectivity index (χ1v) is 7.21. The molecule has 1 amide bonds. The molecule has 2 rings (SSSR count). The first kappa shape index (κ1) is 15.3. The smallest absolute Gasteiger partial charge is 0.244 e. The number of hydrogen-bond acceptors (Lipinski definition) is 2. The number of amides is 1. The van der Waals surface area contributed by atoms with Gasteiger partial charge in [0.2, 0.25) is 5.91 Å². The fraction of sp³-hybridized carbons (Fsp3) is 0.250. The van der Waals surface area contributed by atoms with Gasteiger partial charge in [-0.2, -0.15) is 5.10 Å². The molecule has 1 N–H and O–H groups in total. The highest BCUT2D eigenvalue weighted by Crippen LogP contribution is 2.16. The van der Waals surface area contributed by atoms with E-state index in [9.17, 15) is 4.79 Å². The maximum atomic E-state index is 11.8. The number of nitrogens with one attached hydrogen (secondary N) is 1. The summed E-state index contributed by atoms with van der Waals surface area (Å²) in [5.74, 6) is -0.154. The molecule has 5 heteroatoms. The van der Waals surface area contributed by atoms with E-state index in [2.05, 4.69) is 10.4 Å². The number of carbonyl (C=O) groups excluding carboxylic acids is 1. The quantitative estimate of drug-likeness (QED) is 0.862. The van der Waals surface area contributed by atoms with Crippen molar-refractivity contribution >= 4 is 23.6 Å².